The summed E-state index contributed by atoms with van der Waals surface area (Å²) in [5.74, 6) is -0.726. The lowest BCUT2D eigenvalue weighted by Gasteiger charge is -2.21. The molecule has 14 heavy (non-hydrogen) atoms. The second-order valence-electron chi connectivity index (χ2n) is 2.99. The largest absolute Gasteiger partial charge is 0.390 e. The maximum Gasteiger partial charge on any atom is 0.251 e. The van der Waals surface area contributed by atoms with Crippen LogP contribution in [-0.2, 0) is 4.79 Å². The van der Waals surface area contributed by atoms with Crippen LogP contribution in [0.4, 0.5) is 0 Å². The van der Waals surface area contributed by atoms with Crippen LogP contribution in [0.15, 0.2) is 0 Å². The van der Waals surface area contributed by atoms with Crippen molar-refractivity contribution in [2.75, 3.05) is 13.1 Å². The van der Waals surface area contributed by atoms with Crippen LogP contribution in [0, 0.1) is 0 Å². The Morgan fingerprint density at radius 1 is 1.43 bits per heavy atom. The van der Waals surface area contributed by atoms with Gasteiger partial charge >= 0.3 is 0 Å². The number of rotatable bonds is 6. The summed E-state index contributed by atoms with van der Waals surface area (Å²) in [4.78, 5) is 11.1. The maximum absolute atomic E-state index is 11.1. The predicted molar refractivity (Wildman–Crippen MR) is 50.4 cm³/mol. The van der Waals surface area contributed by atoms with Crippen molar-refractivity contribution in [2.24, 2.45) is 5.73 Å². The van der Waals surface area contributed by atoms with E-state index in [2.05, 4.69) is 5.32 Å². The summed E-state index contributed by atoms with van der Waals surface area (Å²) in [6.07, 6.45) is -3.91. The van der Waals surface area contributed by atoms with E-state index in [1.165, 1.54) is 0 Å². The van der Waals surface area contributed by atoms with Crippen molar-refractivity contribution < 1.29 is 20.1 Å². The zero-order chi connectivity index (χ0) is 11.1. The maximum atomic E-state index is 11.1. The SMILES string of the molecule is CC[C@H](O)[C@H](O)[C@@H](O)C(=O)NCCN. The van der Waals surface area contributed by atoms with E-state index in [1.807, 2.05) is 0 Å². The van der Waals surface area contributed by atoms with Gasteiger partial charge in [0.25, 0.3) is 5.91 Å². The van der Waals surface area contributed by atoms with Gasteiger partial charge < -0.3 is 26.4 Å². The zero-order valence-electron chi connectivity index (χ0n) is 8.18. The lowest BCUT2D eigenvalue weighted by atomic mass is 10.1. The van der Waals surface area contributed by atoms with Crippen molar-refractivity contribution in [3.63, 3.8) is 0 Å². The van der Waals surface area contributed by atoms with Crippen LogP contribution in [0.25, 0.3) is 0 Å². The van der Waals surface area contributed by atoms with Gasteiger partial charge in [0.1, 0.15) is 6.10 Å². The third-order valence-electron chi connectivity index (χ3n) is 1.85. The molecule has 0 aromatic heterocycles. The third-order valence-corrected chi connectivity index (χ3v) is 1.85. The first-order valence-corrected chi connectivity index (χ1v) is 4.56. The summed E-state index contributed by atoms with van der Waals surface area (Å²) in [6, 6.07) is 0. The Kier molecular flexibility index (Phi) is 6.39. The van der Waals surface area contributed by atoms with Crippen LogP contribution >= 0.6 is 0 Å². The summed E-state index contributed by atoms with van der Waals surface area (Å²) in [5, 5.41) is 30.0. The number of aliphatic hydroxyl groups is 3. The molecule has 0 unspecified atom stereocenters. The van der Waals surface area contributed by atoms with Gasteiger partial charge in [-0.25, -0.2) is 0 Å². The number of carbonyl (C=O) groups excluding carboxylic acids is 1. The second-order valence-corrected chi connectivity index (χ2v) is 2.99. The molecule has 0 saturated heterocycles. The standard InChI is InChI=1S/C8H18N2O4/c1-2-5(11)6(12)7(13)8(14)10-4-3-9/h5-7,11-13H,2-4,9H2,1H3,(H,10,14)/t5-,6-,7+/m0/s1. The molecule has 0 aromatic rings. The van der Waals surface area contributed by atoms with Crippen molar-refractivity contribution in [3.05, 3.63) is 0 Å². The van der Waals surface area contributed by atoms with Gasteiger partial charge in [0.2, 0.25) is 0 Å². The molecular formula is C8H18N2O4. The minimum atomic E-state index is -1.61. The van der Waals surface area contributed by atoms with Crippen molar-refractivity contribution in [3.8, 4) is 0 Å². The number of aliphatic hydroxyl groups excluding tert-OH is 3. The zero-order valence-corrected chi connectivity index (χ0v) is 8.18. The summed E-state index contributed by atoms with van der Waals surface area (Å²) < 4.78 is 0. The number of carbonyl (C=O) groups is 1. The number of nitrogens with two attached hydrogens (primary N) is 1. The Morgan fingerprint density at radius 2 is 2.00 bits per heavy atom. The molecule has 0 radical (unpaired) electrons. The molecule has 6 nitrogen and oxygen atoms in total. The van der Waals surface area contributed by atoms with Crippen molar-refractivity contribution >= 4 is 5.91 Å². The Morgan fingerprint density at radius 3 is 2.43 bits per heavy atom. The quantitative estimate of drug-likeness (QED) is 0.331. The van der Waals surface area contributed by atoms with E-state index in [4.69, 9.17) is 10.8 Å². The average molecular weight is 206 g/mol. The van der Waals surface area contributed by atoms with Crippen LogP contribution in [0.1, 0.15) is 13.3 Å². The van der Waals surface area contributed by atoms with Crippen molar-refractivity contribution in [2.45, 2.75) is 31.7 Å². The molecule has 0 heterocycles. The highest BCUT2D eigenvalue weighted by Gasteiger charge is 2.28. The molecule has 6 heteroatoms. The first kappa shape index (κ1) is 13.3. The van der Waals surface area contributed by atoms with E-state index in [0.717, 1.165) is 0 Å². The van der Waals surface area contributed by atoms with Crippen molar-refractivity contribution in [1.29, 1.82) is 0 Å². The Hall–Kier alpha value is -0.690. The molecule has 3 atom stereocenters. The Bertz CT molecular complexity index is 177. The fourth-order valence-electron chi connectivity index (χ4n) is 0.907. The number of hydrogen-bond donors (Lipinski definition) is 5. The number of amides is 1. The first-order valence-electron chi connectivity index (χ1n) is 4.56. The summed E-state index contributed by atoms with van der Waals surface area (Å²) in [6.45, 7) is 2.12. The molecule has 1 amide bonds. The van der Waals surface area contributed by atoms with E-state index >= 15 is 0 Å². The summed E-state index contributed by atoms with van der Waals surface area (Å²) >= 11 is 0. The smallest absolute Gasteiger partial charge is 0.251 e. The molecule has 0 saturated carbocycles. The molecule has 0 aliphatic heterocycles. The van der Waals surface area contributed by atoms with Crippen LogP contribution in [0.2, 0.25) is 0 Å². The van der Waals surface area contributed by atoms with Gasteiger partial charge in [0.15, 0.2) is 6.10 Å². The van der Waals surface area contributed by atoms with Gasteiger partial charge in [0.05, 0.1) is 6.10 Å². The third kappa shape index (κ3) is 4.01. The average Bonchev–Trinajstić information content (AvgIpc) is 2.22. The van der Waals surface area contributed by atoms with Crippen LogP contribution < -0.4 is 11.1 Å². The van der Waals surface area contributed by atoms with Gasteiger partial charge in [-0.05, 0) is 6.42 Å². The lowest BCUT2D eigenvalue weighted by molar-refractivity contribution is -0.140. The fraction of sp³-hybridized carbons (Fsp3) is 0.875. The molecule has 0 fully saturated rings. The second kappa shape index (κ2) is 6.72. The summed E-state index contributed by atoms with van der Waals surface area (Å²) in [5.41, 5.74) is 5.13. The molecular weight excluding hydrogens is 188 g/mol. The molecule has 0 aliphatic rings. The molecule has 6 N–H and O–H groups in total. The molecule has 0 rings (SSSR count). The Balaban J connectivity index is 4.03. The van der Waals surface area contributed by atoms with Crippen LogP contribution in [0.3, 0.4) is 0 Å². The van der Waals surface area contributed by atoms with Gasteiger partial charge in [0, 0.05) is 13.1 Å². The van der Waals surface area contributed by atoms with Gasteiger partial charge in [-0.2, -0.15) is 0 Å². The van der Waals surface area contributed by atoms with Gasteiger partial charge in [-0.1, -0.05) is 6.92 Å². The highest BCUT2D eigenvalue weighted by atomic mass is 16.4. The van der Waals surface area contributed by atoms with E-state index in [9.17, 15) is 15.0 Å². The van der Waals surface area contributed by atoms with E-state index in [1.54, 1.807) is 6.92 Å². The first-order chi connectivity index (χ1) is 6.54. The normalized spacial score (nSPS) is 17.2. The van der Waals surface area contributed by atoms with Crippen LogP contribution in [0.5, 0.6) is 0 Å². The molecule has 0 spiro atoms. The summed E-state index contributed by atoms with van der Waals surface area (Å²) in [7, 11) is 0. The van der Waals surface area contributed by atoms with E-state index in [-0.39, 0.29) is 19.5 Å². The monoisotopic (exact) mass is 206 g/mol. The number of hydrogen-bond acceptors (Lipinski definition) is 5. The van der Waals surface area contributed by atoms with E-state index in [0.29, 0.717) is 0 Å². The lowest BCUT2D eigenvalue weighted by Crippen LogP contribution is -2.48. The fourth-order valence-corrected chi connectivity index (χ4v) is 0.907. The minimum Gasteiger partial charge on any atom is -0.390 e. The predicted octanol–water partition coefficient (Wildman–Crippen LogP) is -2.45. The minimum absolute atomic E-state index is 0.227. The molecule has 0 aliphatic carbocycles. The molecule has 0 aromatic carbocycles. The van der Waals surface area contributed by atoms with Crippen molar-refractivity contribution in [1.82, 2.24) is 5.32 Å². The molecule has 0 bridgehead atoms. The van der Waals surface area contributed by atoms with E-state index < -0.39 is 24.2 Å². The van der Waals surface area contributed by atoms with Crippen LogP contribution in [-0.4, -0.2) is 52.6 Å². The number of nitrogens with one attached hydrogen (secondary N) is 1. The molecule has 84 valence electrons. The highest BCUT2D eigenvalue weighted by Crippen LogP contribution is 2.03. The van der Waals surface area contributed by atoms with Gasteiger partial charge in [-0.15, -0.1) is 0 Å². The Labute approximate surface area is 82.7 Å². The topological polar surface area (TPSA) is 116 Å². The highest BCUT2D eigenvalue weighted by molar-refractivity contribution is 5.81. The van der Waals surface area contributed by atoms with Gasteiger partial charge in [-0.3, -0.25) is 4.79 Å².